The number of thiazole rings is 1. The van der Waals surface area contributed by atoms with Crippen LogP contribution in [0.5, 0.6) is 0 Å². The Balaban J connectivity index is 2.39. The van der Waals surface area contributed by atoms with Gasteiger partial charge in [0.15, 0.2) is 11.4 Å². The summed E-state index contributed by atoms with van der Waals surface area (Å²) in [6.45, 7) is 2.26. The summed E-state index contributed by atoms with van der Waals surface area (Å²) in [6, 6.07) is 5.04. The minimum atomic E-state index is -4.38. The smallest absolute Gasteiger partial charge is 0.318 e. The van der Waals surface area contributed by atoms with Gasteiger partial charge in [-0.15, -0.1) is 11.3 Å². The van der Waals surface area contributed by atoms with Gasteiger partial charge in [-0.1, -0.05) is 6.07 Å². The maximum absolute atomic E-state index is 12.7. The molecule has 0 saturated carbocycles. The topological polar surface area (TPSA) is 33.2 Å². The second-order valence-corrected chi connectivity index (χ2v) is 4.80. The quantitative estimate of drug-likeness (QED) is 0.796. The first-order valence-corrected chi connectivity index (χ1v) is 6.69. The summed E-state index contributed by atoms with van der Waals surface area (Å²) in [4.78, 5) is 16.3. The van der Waals surface area contributed by atoms with Gasteiger partial charge in [0.25, 0.3) is 0 Å². The lowest BCUT2D eigenvalue weighted by molar-refractivity contribution is -0.137. The zero-order valence-corrected chi connectivity index (χ0v) is 11.3. The first-order valence-electron chi connectivity index (χ1n) is 5.81. The molecule has 0 radical (unpaired) electrons. The third-order valence-corrected chi connectivity index (χ3v) is 3.54. The monoisotopic (exact) mass is 300 g/mol. The fourth-order valence-electron chi connectivity index (χ4n) is 1.73. The Morgan fingerprint density at radius 1 is 1.40 bits per heavy atom. The van der Waals surface area contributed by atoms with Gasteiger partial charge in [-0.05, 0) is 25.1 Å². The van der Waals surface area contributed by atoms with Gasteiger partial charge in [-0.2, -0.15) is 13.2 Å². The van der Waals surface area contributed by atoms with Crippen molar-refractivity contribution in [3.8, 4) is 0 Å². The fraction of sp³-hybridized carbons (Fsp3) is 0.231. The lowest BCUT2D eigenvalue weighted by Gasteiger charge is -2.21. The molecule has 0 amide bonds. The minimum absolute atomic E-state index is 0.274. The van der Waals surface area contributed by atoms with Crippen LogP contribution in [0.3, 0.4) is 0 Å². The Bertz CT molecular complexity index is 610. The van der Waals surface area contributed by atoms with Gasteiger partial charge < -0.3 is 4.90 Å². The van der Waals surface area contributed by atoms with Crippen LogP contribution < -0.4 is 4.90 Å². The van der Waals surface area contributed by atoms with E-state index in [2.05, 4.69) is 4.98 Å². The Hall–Kier alpha value is -1.89. The Morgan fingerprint density at radius 3 is 2.70 bits per heavy atom. The van der Waals surface area contributed by atoms with Crippen LogP contribution in [0.2, 0.25) is 0 Å². The number of aromatic nitrogens is 1. The van der Waals surface area contributed by atoms with Crippen LogP contribution in [0.1, 0.15) is 23.0 Å². The lowest BCUT2D eigenvalue weighted by atomic mass is 10.2. The molecule has 0 fully saturated rings. The second kappa shape index (κ2) is 5.62. The minimum Gasteiger partial charge on any atom is -0.318 e. The molecule has 0 atom stereocenters. The molecule has 0 saturated heterocycles. The molecule has 0 spiro atoms. The van der Waals surface area contributed by atoms with Crippen molar-refractivity contribution in [1.82, 2.24) is 4.98 Å². The van der Waals surface area contributed by atoms with Gasteiger partial charge in [-0.25, -0.2) is 4.98 Å². The number of anilines is 2. The number of aldehydes is 1. The number of carbonyl (C=O) groups is 1. The Morgan fingerprint density at radius 2 is 2.15 bits per heavy atom. The summed E-state index contributed by atoms with van der Waals surface area (Å²) in [5, 5.41) is 2.06. The summed E-state index contributed by atoms with van der Waals surface area (Å²) < 4.78 is 38.2. The van der Waals surface area contributed by atoms with Crippen molar-refractivity contribution in [3.63, 3.8) is 0 Å². The number of halogens is 3. The van der Waals surface area contributed by atoms with Crippen molar-refractivity contribution in [1.29, 1.82) is 0 Å². The average Bonchev–Trinajstić information content (AvgIpc) is 2.88. The van der Waals surface area contributed by atoms with Crippen molar-refractivity contribution in [2.45, 2.75) is 13.1 Å². The summed E-state index contributed by atoms with van der Waals surface area (Å²) >= 11 is 1.22. The van der Waals surface area contributed by atoms with E-state index in [1.807, 2.05) is 6.92 Å². The van der Waals surface area contributed by atoms with E-state index in [9.17, 15) is 18.0 Å². The van der Waals surface area contributed by atoms with E-state index < -0.39 is 11.7 Å². The van der Waals surface area contributed by atoms with E-state index in [-0.39, 0.29) is 5.69 Å². The van der Waals surface area contributed by atoms with Gasteiger partial charge in [0.2, 0.25) is 0 Å². The van der Waals surface area contributed by atoms with Crippen LogP contribution in [0.25, 0.3) is 0 Å². The van der Waals surface area contributed by atoms with E-state index in [0.29, 0.717) is 23.6 Å². The largest absolute Gasteiger partial charge is 0.416 e. The molecule has 20 heavy (non-hydrogen) atoms. The number of nitrogens with zero attached hydrogens (tertiary/aromatic N) is 2. The molecular formula is C13H11F3N2OS. The van der Waals surface area contributed by atoms with Crippen molar-refractivity contribution >= 4 is 28.4 Å². The Kier molecular flexibility index (Phi) is 4.08. The summed E-state index contributed by atoms with van der Waals surface area (Å²) in [7, 11) is 0. The lowest BCUT2D eigenvalue weighted by Crippen LogP contribution is -2.17. The zero-order valence-electron chi connectivity index (χ0n) is 10.5. The highest BCUT2D eigenvalue weighted by molar-refractivity contribution is 7.14. The average molecular weight is 300 g/mol. The molecule has 2 aromatic rings. The first-order chi connectivity index (χ1) is 9.45. The van der Waals surface area contributed by atoms with Crippen LogP contribution in [0, 0.1) is 0 Å². The van der Waals surface area contributed by atoms with Crippen molar-refractivity contribution in [3.05, 3.63) is 40.9 Å². The van der Waals surface area contributed by atoms with Crippen LogP contribution in [0.15, 0.2) is 29.6 Å². The van der Waals surface area contributed by atoms with E-state index in [1.165, 1.54) is 17.4 Å². The summed E-state index contributed by atoms with van der Waals surface area (Å²) in [5.74, 6) is 0. The Labute approximate surface area is 117 Å². The van der Waals surface area contributed by atoms with Crippen molar-refractivity contribution in [2.24, 2.45) is 0 Å². The molecule has 0 N–H and O–H groups in total. The number of benzene rings is 1. The predicted molar refractivity (Wildman–Crippen MR) is 71.6 cm³/mol. The molecule has 0 bridgehead atoms. The number of rotatable bonds is 4. The molecule has 0 unspecified atom stereocenters. The molecule has 0 aliphatic heterocycles. The molecule has 0 aliphatic carbocycles. The zero-order chi connectivity index (χ0) is 14.8. The normalized spacial score (nSPS) is 11.4. The molecule has 3 nitrogen and oxygen atoms in total. The second-order valence-electron chi connectivity index (χ2n) is 3.97. The highest BCUT2D eigenvalue weighted by atomic mass is 32.1. The van der Waals surface area contributed by atoms with Crippen LogP contribution in [-0.4, -0.2) is 17.8 Å². The van der Waals surface area contributed by atoms with Crippen LogP contribution >= 0.6 is 11.3 Å². The van der Waals surface area contributed by atoms with E-state index >= 15 is 0 Å². The number of hydrogen-bond acceptors (Lipinski definition) is 4. The van der Waals surface area contributed by atoms with E-state index in [4.69, 9.17) is 0 Å². The molecule has 1 aromatic carbocycles. The van der Waals surface area contributed by atoms with Gasteiger partial charge in [0.1, 0.15) is 5.69 Å². The van der Waals surface area contributed by atoms with Crippen LogP contribution in [0.4, 0.5) is 24.0 Å². The number of carbonyl (C=O) groups excluding carboxylic acids is 1. The van der Waals surface area contributed by atoms with Gasteiger partial charge in [0.05, 0.1) is 5.56 Å². The SMILES string of the molecule is CCN(c1cccc(C(F)(F)F)c1)c1nc(C=O)cs1. The summed E-state index contributed by atoms with van der Waals surface area (Å²) in [5.41, 5.74) is -0.0369. The molecule has 106 valence electrons. The molecule has 7 heteroatoms. The fourth-order valence-corrected chi connectivity index (χ4v) is 2.59. The first kappa shape index (κ1) is 14.5. The number of hydrogen-bond donors (Lipinski definition) is 0. The number of alkyl halides is 3. The van der Waals surface area contributed by atoms with E-state index in [0.717, 1.165) is 12.1 Å². The third kappa shape index (κ3) is 2.98. The maximum Gasteiger partial charge on any atom is 0.416 e. The van der Waals surface area contributed by atoms with Crippen molar-refractivity contribution < 1.29 is 18.0 Å². The van der Waals surface area contributed by atoms with Crippen LogP contribution in [-0.2, 0) is 6.18 Å². The standard InChI is InChI=1S/C13H11F3N2OS/c1-2-18(12-17-10(7-19)8-20-12)11-5-3-4-9(6-11)13(14,15)16/h3-8H,2H2,1H3. The maximum atomic E-state index is 12.7. The molecular weight excluding hydrogens is 289 g/mol. The van der Waals surface area contributed by atoms with E-state index in [1.54, 1.807) is 16.3 Å². The van der Waals surface area contributed by atoms with Gasteiger partial charge in [0, 0.05) is 17.6 Å². The van der Waals surface area contributed by atoms with Gasteiger partial charge >= 0.3 is 6.18 Å². The molecule has 1 aromatic heterocycles. The van der Waals surface area contributed by atoms with Crippen molar-refractivity contribution in [2.75, 3.05) is 11.4 Å². The highest BCUT2D eigenvalue weighted by Crippen LogP contribution is 2.34. The third-order valence-electron chi connectivity index (χ3n) is 2.66. The summed E-state index contributed by atoms with van der Waals surface area (Å²) in [6.07, 6.45) is -3.77. The molecule has 1 heterocycles. The van der Waals surface area contributed by atoms with Gasteiger partial charge in [-0.3, -0.25) is 4.79 Å². The predicted octanol–water partition coefficient (Wildman–Crippen LogP) is 4.13. The highest BCUT2D eigenvalue weighted by Gasteiger charge is 2.31. The molecule has 2 rings (SSSR count). The molecule has 0 aliphatic rings.